The Morgan fingerprint density at radius 1 is 0.964 bits per heavy atom. The third-order valence-electron chi connectivity index (χ3n) is 6.69. The van der Waals surface area contributed by atoms with Crippen LogP contribution < -0.4 is 9.64 Å². The highest BCUT2D eigenvalue weighted by Gasteiger charge is 2.67. The van der Waals surface area contributed by atoms with Gasteiger partial charge in [0.2, 0.25) is 17.6 Å². The van der Waals surface area contributed by atoms with Gasteiger partial charge >= 0.3 is 5.97 Å². The van der Waals surface area contributed by atoms with Crippen LogP contribution in [0.2, 0.25) is 0 Å². The van der Waals surface area contributed by atoms with Gasteiger partial charge in [0.25, 0.3) is 0 Å². The summed E-state index contributed by atoms with van der Waals surface area (Å²) in [6.07, 6.45) is 6.86. The van der Waals surface area contributed by atoms with Crippen molar-refractivity contribution in [2.24, 2.45) is 35.5 Å². The Hall–Kier alpha value is -3.15. The number of nitrogens with zero attached hydrogens (tertiary/aromatic N) is 1. The molecule has 1 aromatic carbocycles. The standard InChI is InChI=1S/C22H17NO5/c24-20-18-13-7-8-14(16-10-15(13)16)19(18)21(25)23(20)11-3-5-12(6-4-11)28-22(26)17-2-1-9-27-17/h1-9,13-16,18-19H,10H2. The van der Waals surface area contributed by atoms with Crippen LogP contribution in [0.25, 0.3) is 0 Å². The Kier molecular flexibility index (Phi) is 3.08. The number of benzene rings is 1. The molecule has 0 N–H and O–H groups in total. The SMILES string of the molecule is O=C(Oc1ccc(N2C(=O)C3C4C=CC(C5CC45)C3C2=O)cc1)c1ccco1. The lowest BCUT2D eigenvalue weighted by atomic mass is 9.63. The van der Waals surface area contributed by atoms with Crippen LogP contribution in [0, 0.1) is 35.5 Å². The van der Waals surface area contributed by atoms with Crippen molar-refractivity contribution in [1.29, 1.82) is 0 Å². The topological polar surface area (TPSA) is 76.8 Å². The number of imide groups is 1. The molecule has 4 aliphatic carbocycles. The van der Waals surface area contributed by atoms with Gasteiger partial charge in [-0.25, -0.2) is 4.79 Å². The van der Waals surface area contributed by atoms with Gasteiger partial charge in [0.1, 0.15) is 5.75 Å². The van der Waals surface area contributed by atoms with Gasteiger partial charge < -0.3 is 9.15 Å². The van der Waals surface area contributed by atoms with Crippen molar-refractivity contribution >= 4 is 23.5 Å². The van der Waals surface area contributed by atoms with Crippen LogP contribution >= 0.6 is 0 Å². The highest BCUT2D eigenvalue weighted by Crippen LogP contribution is 2.65. The third kappa shape index (κ3) is 2.06. The first-order valence-corrected chi connectivity index (χ1v) is 9.55. The van der Waals surface area contributed by atoms with Crippen LogP contribution in [0.5, 0.6) is 5.75 Å². The normalized spacial score (nSPS) is 34.4. The maximum absolute atomic E-state index is 13.1. The second-order valence-corrected chi connectivity index (χ2v) is 8.03. The predicted octanol–water partition coefficient (Wildman–Crippen LogP) is 3.06. The number of amides is 2. The lowest BCUT2D eigenvalue weighted by Gasteiger charge is -2.37. The average Bonchev–Trinajstić information content (AvgIpc) is 3.27. The van der Waals surface area contributed by atoms with E-state index in [1.54, 1.807) is 30.3 Å². The molecule has 1 aliphatic heterocycles. The van der Waals surface area contributed by atoms with Crippen LogP contribution in [0.15, 0.2) is 59.2 Å². The Morgan fingerprint density at radius 2 is 1.61 bits per heavy atom. The van der Waals surface area contributed by atoms with Crippen molar-refractivity contribution in [3.8, 4) is 5.75 Å². The van der Waals surface area contributed by atoms with E-state index in [9.17, 15) is 14.4 Å². The van der Waals surface area contributed by atoms with E-state index in [0.29, 0.717) is 23.3 Å². The zero-order chi connectivity index (χ0) is 19.0. The van der Waals surface area contributed by atoms with E-state index >= 15 is 0 Å². The van der Waals surface area contributed by atoms with Crippen LogP contribution in [-0.4, -0.2) is 17.8 Å². The number of hydrogen-bond acceptors (Lipinski definition) is 5. The molecule has 2 bridgehead atoms. The number of carbonyl (C=O) groups excluding carboxylic acids is 3. The van der Waals surface area contributed by atoms with Crippen molar-refractivity contribution < 1.29 is 23.5 Å². The fraction of sp³-hybridized carbons (Fsp3) is 0.318. The fourth-order valence-electron chi connectivity index (χ4n) is 5.43. The van der Waals surface area contributed by atoms with E-state index in [2.05, 4.69) is 12.2 Å². The molecular weight excluding hydrogens is 358 g/mol. The van der Waals surface area contributed by atoms with E-state index in [4.69, 9.17) is 9.15 Å². The Balaban J connectivity index is 1.25. The molecule has 3 fully saturated rings. The van der Waals surface area contributed by atoms with Crippen molar-refractivity contribution in [2.75, 3.05) is 4.90 Å². The van der Waals surface area contributed by atoms with E-state index < -0.39 is 5.97 Å². The molecular formula is C22H17NO5. The number of esters is 1. The minimum atomic E-state index is -0.598. The van der Waals surface area contributed by atoms with Gasteiger partial charge in [-0.15, -0.1) is 0 Å². The molecule has 0 radical (unpaired) electrons. The minimum absolute atomic E-state index is 0.0972. The van der Waals surface area contributed by atoms with Gasteiger partial charge in [0, 0.05) is 0 Å². The third-order valence-corrected chi connectivity index (χ3v) is 6.69. The summed E-state index contributed by atoms with van der Waals surface area (Å²) in [7, 11) is 0. The van der Waals surface area contributed by atoms with Gasteiger partial charge in [-0.2, -0.15) is 0 Å². The second-order valence-electron chi connectivity index (χ2n) is 8.03. The molecule has 0 spiro atoms. The van der Waals surface area contributed by atoms with Gasteiger partial charge in [0.15, 0.2) is 0 Å². The highest BCUT2D eigenvalue weighted by atomic mass is 16.5. The van der Waals surface area contributed by atoms with Crippen LogP contribution in [0.3, 0.4) is 0 Å². The lowest BCUT2D eigenvalue weighted by molar-refractivity contribution is -0.124. The Bertz CT molecular complexity index is 986. The molecule has 6 atom stereocenters. The zero-order valence-corrected chi connectivity index (χ0v) is 14.9. The summed E-state index contributed by atoms with van der Waals surface area (Å²) in [6, 6.07) is 9.59. The molecule has 2 amide bonds. The maximum Gasteiger partial charge on any atom is 0.379 e. The number of ether oxygens (including phenoxy) is 1. The summed E-state index contributed by atoms with van der Waals surface area (Å²) < 4.78 is 10.3. The first kappa shape index (κ1) is 15.9. The van der Waals surface area contributed by atoms with Crippen LogP contribution in [0.1, 0.15) is 17.0 Å². The van der Waals surface area contributed by atoms with Crippen molar-refractivity contribution in [2.45, 2.75) is 6.42 Å². The van der Waals surface area contributed by atoms with Crippen LogP contribution in [0.4, 0.5) is 5.69 Å². The average molecular weight is 375 g/mol. The number of carbonyl (C=O) groups is 3. The summed E-state index contributed by atoms with van der Waals surface area (Å²) in [5.41, 5.74) is 0.523. The lowest BCUT2D eigenvalue weighted by Crippen LogP contribution is -2.40. The molecule has 5 aliphatic rings. The number of allylic oxidation sites excluding steroid dienone is 2. The zero-order valence-electron chi connectivity index (χ0n) is 14.9. The monoisotopic (exact) mass is 375 g/mol. The first-order chi connectivity index (χ1) is 13.6. The number of hydrogen-bond donors (Lipinski definition) is 0. The molecule has 28 heavy (non-hydrogen) atoms. The minimum Gasteiger partial charge on any atom is -0.457 e. The summed E-state index contributed by atoms with van der Waals surface area (Å²) in [6.45, 7) is 0. The van der Waals surface area contributed by atoms with E-state index in [1.807, 2.05) is 0 Å². The highest BCUT2D eigenvalue weighted by molar-refractivity contribution is 6.22. The molecule has 140 valence electrons. The molecule has 6 heteroatoms. The van der Waals surface area contributed by atoms with Crippen LogP contribution in [-0.2, 0) is 9.59 Å². The van der Waals surface area contributed by atoms with Gasteiger partial charge in [0.05, 0.1) is 23.8 Å². The van der Waals surface area contributed by atoms with E-state index in [0.717, 1.165) is 6.42 Å². The summed E-state index contributed by atoms with van der Waals surface area (Å²) in [5.74, 6) is 0.770. The number of anilines is 1. The molecule has 2 saturated carbocycles. The van der Waals surface area contributed by atoms with E-state index in [1.165, 1.54) is 17.2 Å². The van der Waals surface area contributed by atoms with E-state index in [-0.39, 0.29) is 41.2 Å². The van der Waals surface area contributed by atoms with Crippen molar-refractivity contribution in [3.05, 3.63) is 60.6 Å². The molecule has 1 aromatic heterocycles. The quantitative estimate of drug-likeness (QED) is 0.357. The Morgan fingerprint density at radius 3 is 2.18 bits per heavy atom. The molecule has 1 saturated heterocycles. The van der Waals surface area contributed by atoms with Gasteiger partial charge in [-0.1, -0.05) is 12.2 Å². The summed E-state index contributed by atoms with van der Waals surface area (Å²) >= 11 is 0. The molecule has 7 rings (SSSR count). The summed E-state index contributed by atoms with van der Waals surface area (Å²) in [4.78, 5) is 39.5. The van der Waals surface area contributed by atoms with Crippen molar-refractivity contribution in [1.82, 2.24) is 0 Å². The first-order valence-electron chi connectivity index (χ1n) is 9.55. The maximum atomic E-state index is 13.1. The van der Waals surface area contributed by atoms with Gasteiger partial charge in [-0.3, -0.25) is 14.5 Å². The molecule has 6 nitrogen and oxygen atoms in total. The smallest absolute Gasteiger partial charge is 0.379 e. The fourth-order valence-corrected chi connectivity index (χ4v) is 5.43. The molecule has 6 unspecified atom stereocenters. The largest absolute Gasteiger partial charge is 0.457 e. The number of furan rings is 1. The second kappa shape index (κ2) is 5.44. The Labute approximate surface area is 160 Å². The molecule has 2 heterocycles. The number of rotatable bonds is 3. The van der Waals surface area contributed by atoms with Crippen molar-refractivity contribution in [3.63, 3.8) is 0 Å². The molecule has 2 aromatic rings. The summed E-state index contributed by atoms with van der Waals surface area (Å²) in [5, 5.41) is 0. The van der Waals surface area contributed by atoms with Gasteiger partial charge in [-0.05, 0) is 66.5 Å². The predicted molar refractivity (Wildman–Crippen MR) is 97.3 cm³/mol.